The first-order valence-electron chi connectivity index (χ1n) is 6.26. The van der Waals surface area contributed by atoms with Gasteiger partial charge in [-0.05, 0) is 30.2 Å². The minimum atomic E-state index is -4.61. The molecule has 0 aliphatic rings. The third kappa shape index (κ3) is 3.16. The summed E-state index contributed by atoms with van der Waals surface area (Å²) in [6.07, 6.45) is -4.61. The smallest absolute Gasteiger partial charge is 0.416 e. The van der Waals surface area contributed by atoms with Crippen LogP contribution < -0.4 is 0 Å². The zero-order chi connectivity index (χ0) is 16.5. The normalized spacial score (nSPS) is 11.3. The lowest BCUT2D eigenvalue weighted by Gasteiger charge is -2.11. The number of carbonyl (C=O) groups excluding carboxylic acids is 1. The second-order valence-corrected chi connectivity index (χ2v) is 4.70. The van der Waals surface area contributed by atoms with E-state index in [9.17, 15) is 22.8 Å². The van der Waals surface area contributed by atoms with Crippen molar-refractivity contribution >= 4 is 11.8 Å². The molecule has 0 bridgehead atoms. The lowest BCUT2D eigenvalue weighted by molar-refractivity contribution is -0.137. The molecule has 0 aliphatic carbocycles. The van der Waals surface area contributed by atoms with Gasteiger partial charge in [-0.15, -0.1) is 0 Å². The molecule has 0 saturated carbocycles. The molecule has 3 nitrogen and oxygen atoms in total. The monoisotopic (exact) mass is 308 g/mol. The van der Waals surface area contributed by atoms with E-state index in [-0.39, 0.29) is 11.3 Å². The van der Waals surface area contributed by atoms with Gasteiger partial charge < -0.3 is 5.11 Å². The Labute approximate surface area is 124 Å². The highest BCUT2D eigenvalue weighted by atomic mass is 19.4. The molecule has 1 N–H and O–H groups in total. The van der Waals surface area contributed by atoms with Crippen LogP contribution in [0.25, 0.3) is 11.1 Å². The Balaban J connectivity index is 2.55. The molecule has 6 heteroatoms. The van der Waals surface area contributed by atoms with Crippen molar-refractivity contribution in [3.8, 4) is 11.1 Å². The largest absolute Gasteiger partial charge is 0.478 e. The number of carbonyl (C=O) groups is 2. The van der Waals surface area contributed by atoms with E-state index in [2.05, 4.69) is 0 Å². The van der Waals surface area contributed by atoms with E-state index in [0.29, 0.717) is 17.2 Å². The Morgan fingerprint density at radius 2 is 1.59 bits per heavy atom. The average Bonchev–Trinajstić information content (AvgIpc) is 2.45. The Hall–Kier alpha value is -2.63. The van der Waals surface area contributed by atoms with Crippen LogP contribution in [0.1, 0.15) is 33.2 Å². The quantitative estimate of drug-likeness (QED) is 0.861. The highest BCUT2D eigenvalue weighted by Gasteiger charge is 2.31. The van der Waals surface area contributed by atoms with Gasteiger partial charge in [-0.2, -0.15) is 13.2 Å². The summed E-state index contributed by atoms with van der Waals surface area (Å²) >= 11 is 0. The molecule has 0 aliphatic heterocycles. The number of ketones is 1. The first-order valence-corrected chi connectivity index (χ1v) is 6.26. The molecule has 114 valence electrons. The third-order valence-electron chi connectivity index (χ3n) is 3.18. The molecule has 0 spiro atoms. The van der Waals surface area contributed by atoms with Crippen molar-refractivity contribution in [1.82, 2.24) is 0 Å². The van der Waals surface area contributed by atoms with Crippen LogP contribution in [0.4, 0.5) is 13.2 Å². The van der Waals surface area contributed by atoms with Crippen LogP contribution in [0.5, 0.6) is 0 Å². The molecular weight excluding hydrogens is 297 g/mol. The van der Waals surface area contributed by atoms with Gasteiger partial charge in [-0.25, -0.2) is 4.79 Å². The number of aromatic carboxylic acids is 1. The summed E-state index contributed by atoms with van der Waals surface area (Å²) in [5.41, 5.74) is -0.432. The fraction of sp³-hybridized carbons (Fsp3) is 0.125. The van der Waals surface area contributed by atoms with Crippen molar-refractivity contribution in [2.75, 3.05) is 0 Å². The third-order valence-corrected chi connectivity index (χ3v) is 3.18. The van der Waals surface area contributed by atoms with Gasteiger partial charge in [0, 0.05) is 5.56 Å². The molecular formula is C16H11F3O3. The molecule has 0 saturated heterocycles. The number of carboxylic acids is 1. The summed E-state index contributed by atoms with van der Waals surface area (Å²) in [5.74, 6) is -1.60. The summed E-state index contributed by atoms with van der Waals surface area (Å²) < 4.78 is 38.0. The molecule has 0 radical (unpaired) electrons. The standard InChI is InChI=1S/C16H11F3O3/c1-9(20)10-2-4-11(5-3-10)13-7-6-12(16(17,18)19)8-14(13)15(21)22/h2-8H,1H3,(H,21,22). The van der Waals surface area contributed by atoms with Gasteiger partial charge in [0.25, 0.3) is 0 Å². The van der Waals surface area contributed by atoms with Crippen LogP contribution in [0.15, 0.2) is 42.5 Å². The SMILES string of the molecule is CC(=O)c1ccc(-c2ccc(C(F)(F)F)cc2C(=O)O)cc1. The molecule has 2 aromatic rings. The minimum Gasteiger partial charge on any atom is -0.478 e. The highest BCUT2D eigenvalue weighted by molar-refractivity contribution is 5.97. The van der Waals surface area contributed by atoms with Crippen molar-refractivity contribution in [3.05, 3.63) is 59.2 Å². The van der Waals surface area contributed by atoms with Crippen LogP contribution in [-0.4, -0.2) is 16.9 Å². The van der Waals surface area contributed by atoms with Gasteiger partial charge >= 0.3 is 12.1 Å². The van der Waals surface area contributed by atoms with E-state index in [1.54, 1.807) is 0 Å². The fourth-order valence-corrected chi connectivity index (χ4v) is 2.03. The van der Waals surface area contributed by atoms with Crippen LogP contribution in [0.2, 0.25) is 0 Å². The highest BCUT2D eigenvalue weighted by Crippen LogP contribution is 2.33. The summed E-state index contributed by atoms with van der Waals surface area (Å²) in [5, 5.41) is 9.14. The summed E-state index contributed by atoms with van der Waals surface area (Å²) in [4.78, 5) is 22.4. The van der Waals surface area contributed by atoms with E-state index < -0.39 is 23.3 Å². The Morgan fingerprint density at radius 1 is 1.00 bits per heavy atom. The number of halogens is 3. The zero-order valence-corrected chi connectivity index (χ0v) is 11.4. The van der Waals surface area contributed by atoms with Gasteiger partial charge in [0.1, 0.15) is 0 Å². The van der Waals surface area contributed by atoms with Crippen molar-refractivity contribution in [2.24, 2.45) is 0 Å². The Bertz CT molecular complexity index is 731. The van der Waals surface area contributed by atoms with Crippen molar-refractivity contribution < 1.29 is 27.9 Å². The lowest BCUT2D eigenvalue weighted by atomic mass is 9.96. The van der Waals surface area contributed by atoms with E-state index in [4.69, 9.17) is 5.11 Å². The number of hydrogen-bond acceptors (Lipinski definition) is 2. The molecule has 0 fully saturated rings. The summed E-state index contributed by atoms with van der Waals surface area (Å²) in [6.45, 7) is 1.38. The van der Waals surface area contributed by atoms with Crippen LogP contribution >= 0.6 is 0 Å². The molecule has 0 heterocycles. The number of alkyl halides is 3. The maximum atomic E-state index is 12.7. The van der Waals surface area contributed by atoms with Gasteiger partial charge in [-0.1, -0.05) is 30.3 Å². The van der Waals surface area contributed by atoms with E-state index in [0.717, 1.165) is 12.1 Å². The van der Waals surface area contributed by atoms with Crippen LogP contribution in [0, 0.1) is 0 Å². The molecule has 0 amide bonds. The van der Waals surface area contributed by atoms with Gasteiger partial charge in [-0.3, -0.25) is 4.79 Å². The molecule has 0 aromatic heterocycles. The topological polar surface area (TPSA) is 54.4 Å². The van der Waals surface area contributed by atoms with E-state index in [1.165, 1.54) is 31.2 Å². The molecule has 0 atom stereocenters. The molecule has 2 rings (SSSR count). The van der Waals surface area contributed by atoms with E-state index >= 15 is 0 Å². The van der Waals surface area contributed by atoms with E-state index in [1.807, 2.05) is 0 Å². The van der Waals surface area contributed by atoms with Gasteiger partial charge in [0.15, 0.2) is 5.78 Å². The second-order valence-electron chi connectivity index (χ2n) is 4.70. The van der Waals surface area contributed by atoms with Crippen molar-refractivity contribution in [2.45, 2.75) is 13.1 Å². The van der Waals surface area contributed by atoms with Crippen molar-refractivity contribution in [3.63, 3.8) is 0 Å². The fourth-order valence-electron chi connectivity index (χ4n) is 2.03. The number of benzene rings is 2. The van der Waals surface area contributed by atoms with Gasteiger partial charge in [0.05, 0.1) is 11.1 Å². The van der Waals surface area contributed by atoms with Crippen LogP contribution in [0.3, 0.4) is 0 Å². The maximum absolute atomic E-state index is 12.7. The maximum Gasteiger partial charge on any atom is 0.416 e. The molecule has 2 aromatic carbocycles. The predicted octanol–water partition coefficient (Wildman–Crippen LogP) is 4.27. The number of rotatable bonds is 3. The summed E-state index contributed by atoms with van der Waals surface area (Å²) in [7, 11) is 0. The number of hydrogen-bond donors (Lipinski definition) is 1. The number of carboxylic acid groups (broad SMARTS) is 1. The average molecular weight is 308 g/mol. The van der Waals surface area contributed by atoms with Gasteiger partial charge in [0.2, 0.25) is 0 Å². The minimum absolute atomic E-state index is 0.155. The predicted molar refractivity (Wildman–Crippen MR) is 73.8 cm³/mol. The Morgan fingerprint density at radius 3 is 2.05 bits per heavy atom. The first kappa shape index (κ1) is 15.8. The second kappa shape index (κ2) is 5.63. The number of Topliss-reactive ketones (excluding diaryl/α,β-unsaturated/α-hetero) is 1. The first-order chi connectivity index (χ1) is 10.2. The Kier molecular flexibility index (Phi) is 4.03. The van der Waals surface area contributed by atoms with Crippen LogP contribution in [-0.2, 0) is 6.18 Å². The molecule has 0 unspecified atom stereocenters. The summed E-state index contributed by atoms with van der Waals surface area (Å²) in [6, 6.07) is 8.58. The van der Waals surface area contributed by atoms with Crippen molar-refractivity contribution in [1.29, 1.82) is 0 Å². The molecule has 22 heavy (non-hydrogen) atoms. The zero-order valence-electron chi connectivity index (χ0n) is 11.4. The lowest BCUT2D eigenvalue weighted by Crippen LogP contribution is -2.08.